The third kappa shape index (κ3) is 5.95. The summed E-state index contributed by atoms with van der Waals surface area (Å²) in [7, 11) is -3.49. The number of hydrogen-bond donors (Lipinski definition) is 0. The Labute approximate surface area is 206 Å². The molecule has 0 aliphatic carbocycles. The van der Waals surface area contributed by atoms with Crippen LogP contribution >= 0.6 is 11.6 Å². The van der Waals surface area contributed by atoms with Gasteiger partial charge in [-0.05, 0) is 48.7 Å². The zero-order valence-corrected chi connectivity index (χ0v) is 21.1. The van der Waals surface area contributed by atoms with Gasteiger partial charge in [-0.2, -0.15) is 0 Å². The quantitative estimate of drug-likeness (QED) is 0.545. The van der Waals surface area contributed by atoms with Gasteiger partial charge >= 0.3 is 0 Å². The van der Waals surface area contributed by atoms with Crippen molar-refractivity contribution in [1.29, 1.82) is 0 Å². The van der Waals surface area contributed by atoms with E-state index in [-0.39, 0.29) is 19.2 Å². The molecular weight excluding hydrogens is 478 g/mol. The lowest BCUT2D eigenvalue weighted by molar-refractivity contribution is -0.133. The van der Waals surface area contributed by atoms with Gasteiger partial charge in [0.1, 0.15) is 0 Å². The van der Waals surface area contributed by atoms with Crippen molar-refractivity contribution in [2.24, 2.45) is 0 Å². The molecule has 0 aromatic heterocycles. The Bertz CT molecular complexity index is 1150. The van der Waals surface area contributed by atoms with Gasteiger partial charge in [0, 0.05) is 50.7 Å². The Kier molecular flexibility index (Phi) is 7.54. The van der Waals surface area contributed by atoms with Crippen LogP contribution in [0, 0.1) is 6.92 Å². The van der Waals surface area contributed by atoms with E-state index in [1.807, 2.05) is 30.0 Å². The summed E-state index contributed by atoms with van der Waals surface area (Å²) in [6.07, 6.45) is 1.91. The van der Waals surface area contributed by atoms with Crippen LogP contribution < -0.4 is 13.8 Å². The molecule has 2 aromatic rings. The molecule has 34 heavy (non-hydrogen) atoms. The van der Waals surface area contributed by atoms with Gasteiger partial charge in [0.2, 0.25) is 22.7 Å². The number of rotatable bonds is 8. The van der Waals surface area contributed by atoms with Crippen molar-refractivity contribution in [3.05, 3.63) is 52.5 Å². The average molecular weight is 508 g/mol. The van der Waals surface area contributed by atoms with Gasteiger partial charge in [-0.15, -0.1) is 0 Å². The molecule has 1 saturated heterocycles. The third-order valence-electron chi connectivity index (χ3n) is 6.16. The maximum atomic E-state index is 12.8. The van der Waals surface area contributed by atoms with Crippen LogP contribution in [0.4, 0.5) is 5.69 Å². The largest absolute Gasteiger partial charge is 0.454 e. The van der Waals surface area contributed by atoms with Crippen LogP contribution in [0.1, 0.15) is 24.0 Å². The first-order chi connectivity index (χ1) is 16.2. The van der Waals surface area contributed by atoms with Gasteiger partial charge in [-0.25, -0.2) is 8.42 Å². The number of aryl methyl sites for hydroxylation is 1. The molecule has 0 radical (unpaired) electrons. The number of ether oxygens (including phenoxy) is 2. The molecule has 0 atom stereocenters. The SMILES string of the molecule is Cc1ccc(Cl)cc1N(CCCC(=O)N1CCN(Cc2ccc3c(c2)OCO3)CC1)S(C)(=O)=O. The maximum absolute atomic E-state index is 12.8. The lowest BCUT2D eigenvalue weighted by Gasteiger charge is -2.35. The molecule has 0 N–H and O–H groups in total. The first-order valence-electron chi connectivity index (χ1n) is 11.3. The molecule has 0 saturated carbocycles. The van der Waals surface area contributed by atoms with Crippen LogP contribution in [-0.4, -0.2) is 69.9 Å². The van der Waals surface area contributed by atoms with Crippen LogP contribution in [0.25, 0.3) is 0 Å². The maximum Gasteiger partial charge on any atom is 0.232 e. The van der Waals surface area contributed by atoms with E-state index < -0.39 is 10.0 Å². The summed E-state index contributed by atoms with van der Waals surface area (Å²) < 4.78 is 36.9. The minimum Gasteiger partial charge on any atom is -0.454 e. The van der Waals surface area contributed by atoms with Crippen molar-refractivity contribution in [2.75, 3.05) is 50.1 Å². The van der Waals surface area contributed by atoms with E-state index in [1.54, 1.807) is 18.2 Å². The first kappa shape index (κ1) is 24.6. The van der Waals surface area contributed by atoms with Crippen LogP contribution in [0.5, 0.6) is 11.5 Å². The summed E-state index contributed by atoms with van der Waals surface area (Å²) in [5, 5.41) is 0.476. The number of nitrogens with zero attached hydrogens (tertiary/aromatic N) is 3. The van der Waals surface area contributed by atoms with Crippen LogP contribution in [0.3, 0.4) is 0 Å². The molecule has 4 rings (SSSR count). The number of carbonyl (C=O) groups excluding carboxylic acids is 1. The van der Waals surface area contributed by atoms with Gasteiger partial charge in [0.05, 0.1) is 11.9 Å². The van der Waals surface area contributed by atoms with Crippen LogP contribution in [0.2, 0.25) is 5.02 Å². The topological polar surface area (TPSA) is 79.4 Å². The van der Waals surface area contributed by atoms with Gasteiger partial charge in [-0.3, -0.25) is 14.0 Å². The van der Waals surface area contributed by atoms with Gasteiger partial charge in [-0.1, -0.05) is 23.7 Å². The van der Waals surface area contributed by atoms with E-state index in [4.69, 9.17) is 21.1 Å². The molecule has 2 aliphatic heterocycles. The van der Waals surface area contributed by atoms with Crippen molar-refractivity contribution in [3.8, 4) is 11.5 Å². The highest BCUT2D eigenvalue weighted by Crippen LogP contribution is 2.33. The highest BCUT2D eigenvalue weighted by atomic mass is 35.5. The number of benzene rings is 2. The summed E-state index contributed by atoms with van der Waals surface area (Å²) in [6.45, 7) is 6.03. The molecule has 184 valence electrons. The Morgan fingerprint density at radius 1 is 1.06 bits per heavy atom. The van der Waals surface area contributed by atoms with Crippen molar-refractivity contribution in [1.82, 2.24) is 9.80 Å². The molecule has 2 heterocycles. The van der Waals surface area contributed by atoms with Gasteiger partial charge in [0.25, 0.3) is 0 Å². The third-order valence-corrected chi connectivity index (χ3v) is 7.58. The zero-order chi connectivity index (χ0) is 24.3. The van der Waals surface area contributed by atoms with E-state index in [0.717, 1.165) is 42.3 Å². The Morgan fingerprint density at radius 3 is 2.53 bits per heavy atom. The van der Waals surface area contributed by atoms with Crippen LogP contribution in [-0.2, 0) is 21.4 Å². The van der Waals surface area contributed by atoms with Crippen molar-refractivity contribution < 1.29 is 22.7 Å². The smallest absolute Gasteiger partial charge is 0.232 e. The zero-order valence-electron chi connectivity index (χ0n) is 19.5. The Balaban J connectivity index is 1.26. The molecule has 10 heteroatoms. The number of piperazine rings is 1. The minimum atomic E-state index is -3.49. The minimum absolute atomic E-state index is 0.0546. The Morgan fingerprint density at radius 2 is 1.79 bits per heavy atom. The molecule has 0 spiro atoms. The fraction of sp³-hybridized carbons (Fsp3) is 0.458. The monoisotopic (exact) mass is 507 g/mol. The van der Waals surface area contributed by atoms with E-state index in [2.05, 4.69) is 4.90 Å². The van der Waals surface area contributed by atoms with E-state index in [9.17, 15) is 13.2 Å². The molecule has 0 bridgehead atoms. The number of anilines is 1. The molecular formula is C24H30ClN3O5S. The summed E-state index contributed by atoms with van der Waals surface area (Å²) >= 11 is 6.09. The van der Waals surface area contributed by atoms with Crippen molar-refractivity contribution in [2.45, 2.75) is 26.3 Å². The highest BCUT2D eigenvalue weighted by Gasteiger charge is 2.24. The number of fused-ring (bicyclic) bond motifs is 1. The fourth-order valence-electron chi connectivity index (χ4n) is 4.30. The predicted molar refractivity (Wildman–Crippen MR) is 132 cm³/mol. The van der Waals surface area contributed by atoms with E-state index in [1.165, 1.54) is 10.6 Å². The van der Waals surface area contributed by atoms with E-state index in [0.29, 0.717) is 36.6 Å². The van der Waals surface area contributed by atoms with Gasteiger partial charge in [0.15, 0.2) is 11.5 Å². The number of sulfonamides is 1. The van der Waals surface area contributed by atoms with Gasteiger partial charge < -0.3 is 14.4 Å². The molecule has 2 aliphatic rings. The molecule has 8 nitrogen and oxygen atoms in total. The highest BCUT2D eigenvalue weighted by molar-refractivity contribution is 7.92. The molecule has 1 fully saturated rings. The first-order valence-corrected chi connectivity index (χ1v) is 13.6. The molecule has 0 unspecified atom stereocenters. The summed E-state index contributed by atoms with van der Waals surface area (Å²) in [6, 6.07) is 11.2. The number of hydrogen-bond acceptors (Lipinski definition) is 6. The average Bonchev–Trinajstić information content (AvgIpc) is 3.26. The number of halogens is 1. The number of carbonyl (C=O) groups is 1. The normalized spacial score (nSPS) is 16.0. The second-order valence-electron chi connectivity index (χ2n) is 8.71. The lowest BCUT2D eigenvalue weighted by atomic mass is 10.1. The second kappa shape index (κ2) is 10.4. The lowest BCUT2D eigenvalue weighted by Crippen LogP contribution is -2.48. The van der Waals surface area contributed by atoms with Crippen LogP contribution in [0.15, 0.2) is 36.4 Å². The molecule has 1 amide bonds. The fourth-order valence-corrected chi connectivity index (χ4v) is 5.48. The van der Waals surface area contributed by atoms with Crippen molar-refractivity contribution >= 4 is 33.2 Å². The summed E-state index contributed by atoms with van der Waals surface area (Å²) in [5.41, 5.74) is 2.53. The summed E-state index contributed by atoms with van der Waals surface area (Å²) in [5.74, 6) is 1.61. The second-order valence-corrected chi connectivity index (χ2v) is 11.1. The van der Waals surface area contributed by atoms with Crippen molar-refractivity contribution in [3.63, 3.8) is 0 Å². The molecule has 2 aromatic carbocycles. The summed E-state index contributed by atoms with van der Waals surface area (Å²) in [4.78, 5) is 16.9. The standard InChI is InChI=1S/C24H30ClN3O5S/c1-18-5-7-20(25)15-21(18)28(34(2,30)31)9-3-4-24(29)27-12-10-26(11-13-27)16-19-6-8-22-23(14-19)33-17-32-22/h5-8,14-15H,3-4,9-13,16-17H2,1-2H3. The Hall–Kier alpha value is -2.49. The van der Waals surface area contributed by atoms with E-state index >= 15 is 0 Å². The number of amides is 1. The predicted octanol–water partition coefficient (Wildman–Crippen LogP) is 3.27.